The Bertz CT molecular complexity index is 613. The Balaban J connectivity index is 2.17. The van der Waals surface area contributed by atoms with E-state index < -0.39 is 0 Å². The molecule has 0 aliphatic heterocycles. The number of benzene rings is 2. The predicted octanol–water partition coefficient (Wildman–Crippen LogP) is 3.48. The molecule has 4 heteroatoms. The molecule has 0 aliphatic carbocycles. The number of nitrogens with zero attached hydrogens (tertiary/aromatic N) is 1. The molecule has 2 nitrogen and oxygen atoms in total. The average Bonchev–Trinajstić information content (AvgIpc) is 2.49. The molecule has 0 aromatic heterocycles. The summed E-state index contributed by atoms with van der Waals surface area (Å²) < 4.78 is 13.3. The number of thiocarbonyl (C=S) groups is 1. The van der Waals surface area contributed by atoms with E-state index in [1.165, 1.54) is 17.7 Å². The first kappa shape index (κ1) is 15.6. The van der Waals surface area contributed by atoms with Crippen LogP contribution in [-0.4, -0.2) is 16.4 Å². The molecule has 0 bridgehead atoms. The molecule has 0 spiro atoms. The largest absolute Gasteiger partial charge is 0.389 e. The van der Waals surface area contributed by atoms with Gasteiger partial charge in [0.25, 0.3) is 0 Å². The molecule has 0 heterocycles. The molecule has 0 fully saturated rings. The molecule has 0 amide bonds. The lowest BCUT2D eigenvalue weighted by Crippen LogP contribution is -2.24. The van der Waals surface area contributed by atoms with Crippen LogP contribution in [-0.2, 0) is 13.1 Å². The van der Waals surface area contributed by atoms with Crippen molar-refractivity contribution in [1.29, 1.82) is 0 Å². The van der Waals surface area contributed by atoms with Crippen LogP contribution in [0.25, 0.3) is 0 Å². The summed E-state index contributed by atoms with van der Waals surface area (Å²) in [5, 5.41) is 0. The van der Waals surface area contributed by atoms with Gasteiger partial charge in [-0.2, -0.15) is 0 Å². The molecular weight excluding hydrogens is 283 g/mol. The van der Waals surface area contributed by atoms with Gasteiger partial charge in [-0.05, 0) is 29.8 Å². The van der Waals surface area contributed by atoms with E-state index in [2.05, 4.69) is 24.0 Å². The maximum Gasteiger partial charge on any atom is 0.123 e. The van der Waals surface area contributed by atoms with Gasteiger partial charge in [0, 0.05) is 18.7 Å². The summed E-state index contributed by atoms with van der Waals surface area (Å²) in [7, 11) is 0. The minimum absolute atomic E-state index is 0.236. The van der Waals surface area contributed by atoms with Crippen molar-refractivity contribution in [2.75, 3.05) is 6.54 Å². The first-order valence-electron chi connectivity index (χ1n) is 6.94. The van der Waals surface area contributed by atoms with Gasteiger partial charge in [0.15, 0.2) is 0 Å². The zero-order chi connectivity index (χ0) is 15.2. The van der Waals surface area contributed by atoms with Crippen molar-refractivity contribution < 1.29 is 4.39 Å². The monoisotopic (exact) mass is 302 g/mol. The summed E-state index contributed by atoms with van der Waals surface area (Å²) in [6.45, 7) is 4.53. The molecule has 2 N–H and O–H groups in total. The van der Waals surface area contributed by atoms with E-state index in [-0.39, 0.29) is 10.8 Å². The Morgan fingerprint density at radius 3 is 2.48 bits per heavy atom. The molecule has 0 saturated heterocycles. The summed E-state index contributed by atoms with van der Waals surface area (Å²) in [5.74, 6) is -0.312. The topological polar surface area (TPSA) is 29.3 Å². The predicted molar refractivity (Wildman–Crippen MR) is 88.5 cm³/mol. The quantitative estimate of drug-likeness (QED) is 0.828. The molecule has 0 radical (unpaired) electrons. The van der Waals surface area contributed by atoms with E-state index in [9.17, 15) is 4.39 Å². The van der Waals surface area contributed by atoms with E-state index in [4.69, 9.17) is 18.0 Å². The van der Waals surface area contributed by atoms with Crippen LogP contribution >= 0.6 is 12.2 Å². The molecule has 0 saturated carbocycles. The van der Waals surface area contributed by atoms with Crippen LogP contribution in [0.4, 0.5) is 4.39 Å². The molecule has 21 heavy (non-hydrogen) atoms. The van der Waals surface area contributed by atoms with Gasteiger partial charge in [-0.15, -0.1) is 0 Å². The first-order chi connectivity index (χ1) is 10.1. The number of halogens is 1. The van der Waals surface area contributed by atoms with Crippen LogP contribution < -0.4 is 5.73 Å². The maximum atomic E-state index is 13.3. The number of rotatable bonds is 6. The van der Waals surface area contributed by atoms with Gasteiger partial charge in [-0.3, -0.25) is 4.90 Å². The van der Waals surface area contributed by atoms with Gasteiger partial charge < -0.3 is 5.73 Å². The van der Waals surface area contributed by atoms with Crippen LogP contribution in [0.15, 0.2) is 48.5 Å². The zero-order valence-corrected chi connectivity index (χ0v) is 12.9. The van der Waals surface area contributed by atoms with Crippen LogP contribution in [0, 0.1) is 5.82 Å². The first-order valence-corrected chi connectivity index (χ1v) is 7.35. The fourth-order valence-electron chi connectivity index (χ4n) is 2.28. The van der Waals surface area contributed by atoms with Crippen LogP contribution in [0.1, 0.15) is 23.6 Å². The van der Waals surface area contributed by atoms with Crippen molar-refractivity contribution in [3.63, 3.8) is 0 Å². The molecule has 0 aliphatic rings. The van der Waals surface area contributed by atoms with E-state index in [0.29, 0.717) is 12.1 Å². The highest BCUT2D eigenvalue weighted by Gasteiger charge is 2.11. The second-order valence-electron chi connectivity index (χ2n) is 4.95. The smallest absolute Gasteiger partial charge is 0.123 e. The van der Waals surface area contributed by atoms with Crippen molar-refractivity contribution in [3.8, 4) is 0 Å². The summed E-state index contributed by atoms with van der Waals surface area (Å²) in [6.07, 6.45) is 0. The fraction of sp³-hybridized carbons (Fsp3) is 0.235. The molecule has 0 atom stereocenters. The van der Waals surface area contributed by atoms with Gasteiger partial charge in [0.05, 0.1) is 0 Å². The highest BCUT2D eigenvalue weighted by molar-refractivity contribution is 7.80. The lowest BCUT2D eigenvalue weighted by Gasteiger charge is -2.22. The lowest BCUT2D eigenvalue weighted by atomic mass is 10.1. The van der Waals surface area contributed by atoms with Crippen LogP contribution in [0.3, 0.4) is 0 Å². The molecule has 2 rings (SSSR count). The maximum absolute atomic E-state index is 13.3. The highest BCUT2D eigenvalue weighted by atomic mass is 32.1. The number of hydrogen-bond donors (Lipinski definition) is 1. The Kier molecular flexibility index (Phi) is 5.42. The van der Waals surface area contributed by atoms with Crippen molar-refractivity contribution in [1.82, 2.24) is 4.90 Å². The summed E-state index contributed by atoms with van der Waals surface area (Å²) in [6, 6.07) is 14.9. The summed E-state index contributed by atoms with van der Waals surface area (Å²) >= 11 is 5.02. The molecule has 2 aromatic carbocycles. The Morgan fingerprint density at radius 1 is 1.14 bits per heavy atom. The number of nitrogens with two attached hydrogens (primary N) is 1. The van der Waals surface area contributed by atoms with Crippen LogP contribution in [0.5, 0.6) is 0 Å². The Labute approximate surface area is 130 Å². The summed E-state index contributed by atoms with van der Waals surface area (Å²) in [4.78, 5) is 2.50. The van der Waals surface area contributed by atoms with E-state index in [1.807, 2.05) is 18.2 Å². The van der Waals surface area contributed by atoms with Crippen molar-refractivity contribution in [2.24, 2.45) is 5.73 Å². The molecule has 0 unspecified atom stereocenters. The third-order valence-corrected chi connectivity index (χ3v) is 3.65. The fourth-order valence-corrected chi connectivity index (χ4v) is 2.47. The van der Waals surface area contributed by atoms with Crippen LogP contribution in [0.2, 0.25) is 0 Å². The van der Waals surface area contributed by atoms with Crippen molar-refractivity contribution in [2.45, 2.75) is 20.0 Å². The van der Waals surface area contributed by atoms with Gasteiger partial charge in [0.1, 0.15) is 10.8 Å². The minimum Gasteiger partial charge on any atom is -0.389 e. The van der Waals surface area contributed by atoms with Gasteiger partial charge in [0.2, 0.25) is 0 Å². The van der Waals surface area contributed by atoms with E-state index in [0.717, 1.165) is 18.7 Å². The van der Waals surface area contributed by atoms with Crippen molar-refractivity contribution in [3.05, 3.63) is 71.0 Å². The second kappa shape index (κ2) is 7.29. The second-order valence-corrected chi connectivity index (χ2v) is 5.39. The summed E-state index contributed by atoms with van der Waals surface area (Å²) in [5.41, 5.74) is 8.53. The third kappa shape index (κ3) is 4.34. The minimum atomic E-state index is -0.312. The normalized spacial score (nSPS) is 10.8. The molecular formula is C17H19FN2S. The standard InChI is InChI=1S/C17H19FN2S/c1-2-20(11-13-6-4-3-5-7-13)12-14-8-9-15(18)10-16(14)17(19)21/h3-10H,2,11-12H2,1H3,(H2,19,21). The Morgan fingerprint density at radius 2 is 1.86 bits per heavy atom. The molecule has 110 valence electrons. The lowest BCUT2D eigenvalue weighted by molar-refractivity contribution is 0.271. The van der Waals surface area contributed by atoms with E-state index in [1.54, 1.807) is 6.07 Å². The zero-order valence-electron chi connectivity index (χ0n) is 12.1. The Hall–Kier alpha value is -1.78. The highest BCUT2D eigenvalue weighted by Crippen LogP contribution is 2.15. The third-order valence-electron chi connectivity index (χ3n) is 3.43. The number of hydrogen-bond acceptors (Lipinski definition) is 2. The average molecular weight is 302 g/mol. The SMILES string of the molecule is CCN(Cc1ccccc1)Cc1ccc(F)cc1C(N)=S. The van der Waals surface area contributed by atoms with Crippen molar-refractivity contribution >= 4 is 17.2 Å². The van der Waals surface area contributed by atoms with Gasteiger partial charge in [-0.25, -0.2) is 4.39 Å². The van der Waals surface area contributed by atoms with E-state index >= 15 is 0 Å². The van der Waals surface area contributed by atoms with Gasteiger partial charge >= 0.3 is 0 Å². The van der Waals surface area contributed by atoms with Gasteiger partial charge in [-0.1, -0.05) is 55.5 Å². The molecule has 2 aromatic rings.